The van der Waals surface area contributed by atoms with Crippen LogP contribution in [0.4, 0.5) is 5.69 Å². The fourth-order valence-electron chi connectivity index (χ4n) is 2.70. The topological polar surface area (TPSA) is 85.2 Å². The summed E-state index contributed by atoms with van der Waals surface area (Å²) in [5.74, 6) is -0.851. The maximum Gasteiger partial charge on any atom is 0.282 e. The number of para-hydroxylation sites is 2. The van der Waals surface area contributed by atoms with Crippen LogP contribution in [0.25, 0.3) is 0 Å². The number of anilines is 1. The molecule has 28 heavy (non-hydrogen) atoms. The van der Waals surface area contributed by atoms with Gasteiger partial charge < -0.3 is 5.11 Å². The summed E-state index contributed by atoms with van der Waals surface area (Å²) in [5, 5.41) is 17.1. The third-order valence-electron chi connectivity index (χ3n) is 4.27. The van der Waals surface area contributed by atoms with Gasteiger partial charge in [-0.1, -0.05) is 30.3 Å². The number of nitrogens with one attached hydrogen (secondary N) is 1. The van der Waals surface area contributed by atoms with Crippen LogP contribution in [0.15, 0.2) is 71.5 Å². The first-order valence-corrected chi connectivity index (χ1v) is 8.92. The Bertz CT molecular complexity index is 951. The van der Waals surface area contributed by atoms with Crippen LogP contribution in [-0.4, -0.2) is 33.7 Å². The Labute approximate surface area is 163 Å². The molecule has 7 heteroatoms. The van der Waals surface area contributed by atoms with Gasteiger partial charge in [0, 0.05) is 12.2 Å². The number of carbonyl (C=O) groups is 2. The SMILES string of the molecule is CC1=NN(c2ccccc2)C(=O)C1=CN(NC(=O)c1ccccc1O)C(C)C. The minimum absolute atomic E-state index is 0.110. The molecule has 0 spiro atoms. The van der Waals surface area contributed by atoms with Crippen LogP contribution in [0.3, 0.4) is 0 Å². The molecule has 0 unspecified atom stereocenters. The maximum absolute atomic E-state index is 12.8. The predicted octanol–water partition coefficient (Wildman–Crippen LogP) is 3.05. The molecule has 2 amide bonds. The minimum Gasteiger partial charge on any atom is -0.507 e. The zero-order chi connectivity index (χ0) is 20.3. The Kier molecular flexibility index (Phi) is 5.44. The highest BCUT2D eigenvalue weighted by atomic mass is 16.3. The molecule has 0 saturated carbocycles. The van der Waals surface area contributed by atoms with Gasteiger partial charge in [-0.25, -0.2) is 0 Å². The van der Waals surface area contributed by atoms with Crippen molar-refractivity contribution >= 4 is 23.2 Å². The first kappa shape index (κ1) is 19.2. The molecule has 2 aromatic carbocycles. The molecule has 0 aliphatic carbocycles. The molecule has 0 fully saturated rings. The van der Waals surface area contributed by atoms with E-state index in [4.69, 9.17) is 0 Å². The van der Waals surface area contributed by atoms with Crippen molar-refractivity contribution in [2.24, 2.45) is 5.10 Å². The van der Waals surface area contributed by atoms with Crippen molar-refractivity contribution in [3.63, 3.8) is 0 Å². The van der Waals surface area contributed by atoms with Gasteiger partial charge in [-0.05, 0) is 45.0 Å². The molecule has 1 heterocycles. The molecule has 0 bridgehead atoms. The lowest BCUT2D eigenvalue weighted by Gasteiger charge is -2.26. The number of nitrogens with zero attached hydrogens (tertiary/aromatic N) is 3. The quantitative estimate of drug-likeness (QED) is 0.619. The Morgan fingerprint density at radius 3 is 2.43 bits per heavy atom. The number of hydrazone groups is 1. The van der Waals surface area contributed by atoms with Crippen LogP contribution in [0, 0.1) is 0 Å². The van der Waals surface area contributed by atoms with E-state index >= 15 is 0 Å². The number of hydrazine groups is 1. The third-order valence-corrected chi connectivity index (χ3v) is 4.27. The Morgan fingerprint density at radius 2 is 1.79 bits per heavy atom. The Hall–Kier alpha value is -3.61. The lowest BCUT2D eigenvalue weighted by Crippen LogP contribution is -2.43. The van der Waals surface area contributed by atoms with E-state index in [2.05, 4.69) is 10.5 Å². The van der Waals surface area contributed by atoms with Crippen LogP contribution in [-0.2, 0) is 4.79 Å². The summed E-state index contributed by atoms with van der Waals surface area (Å²) in [6.07, 6.45) is 1.58. The van der Waals surface area contributed by atoms with Gasteiger partial charge in [0.25, 0.3) is 11.8 Å². The Morgan fingerprint density at radius 1 is 1.14 bits per heavy atom. The number of rotatable bonds is 5. The van der Waals surface area contributed by atoms with E-state index in [0.717, 1.165) is 0 Å². The Balaban J connectivity index is 1.85. The highest BCUT2D eigenvalue weighted by Gasteiger charge is 2.30. The highest BCUT2D eigenvalue weighted by Crippen LogP contribution is 2.23. The largest absolute Gasteiger partial charge is 0.507 e. The summed E-state index contributed by atoms with van der Waals surface area (Å²) in [5.41, 5.74) is 4.49. The van der Waals surface area contributed by atoms with Gasteiger partial charge in [-0.15, -0.1) is 0 Å². The fourth-order valence-corrected chi connectivity index (χ4v) is 2.70. The zero-order valence-electron chi connectivity index (χ0n) is 16.0. The normalized spacial score (nSPS) is 15.1. The van der Waals surface area contributed by atoms with Gasteiger partial charge in [0.1, 0.15) is 5.75 Å². The van der Waals surface area contributed by atoms with E-state index in [1.807, 2.05) is 32.0 Å². The smallest absolute Gasteiger partial charge is 0.282 e. The second kappa shape index (κ2) is 7.96. The zero-order valence-corrected chi connectivity index (χ0v) is 16.0. The number of phenolic OH excluding ortho intramolecular Hbond substituents is 1. The van der Waals surface area contributed by atoms with Crippen LogP contribution in [0.5, 0.6) is 5.75 Å². The number of amides is 2. The van der Waals surface area contributed by atoms with Gasteiger partial charge in [0.05, 0.1) is 22.5 Å². The first-order chi connectivity index (χ1) is 13.4. The van der Waals surface area contributed by atoms with E-state index < -0.39 is 5.91 Å². The summed E-state index contributed by atoms with van der Waals surface area (Å²) >= 11 is 0. The fraction of sp³-hybridized carbons (Fsp3) is 0.190. The number of carbonyl (C=O) groups excluding carboxylic acids is 2. The van der Waals surface area contributed by atoms with Crippen molar-refractivity contribution < 1.29 is 14.7 Å². The molecule has 3 rings (SSSR count). The lowest BCUT2D eigenvalue weighted by molar-refractivity contribution is -0.114. The van der Waals surface area contributed by atoms with Gasteiger partial charge in [0.2, 0.25) is 0 Å². The lowest BCUT2D eigenvalue weighted by atomic mass is 10.1. The molecule has 0 aromatic heterocycles. The predicted molar refractivity (Wildman–Crippen MR) is 108 cm³/mol. The monoisotopic (exact) mass is 378 g/mol. The van der Waals surface area contributed by atoms with Crippen molar-refractivity contribution in [2.45, 2.75) is 26.8 Å². The molecule has 144 valence electrons. The molecule has 0 atom stereocenters. The van der Waals surface area contributed by atoms with E-state index in [1.54, 1.807) is 37.4 Å². The molecular formula is C21H22N4O3. The number of hydrogen-bond acceptors (Lipinski definition) is 5. The molecule has 2 aromatic rings. The first-order valence-electron chi connectivity index (χ1n) is 8.92. The number of benzene rings is 2. The summed E-state index contributed by atoms with van der Waals surface area (Å²) in [6, 6.07) is 15.3. The van der Waals surface area contributed by atoms with Crippen LogP contribution < -0.4 is 10.4 Å². The minimum atomic E-state index is -0.469. The summed E-state index contributed by atoms with van der Waals surface area (Å²) in [6.45, 7) is 5.50. The molecule has 7 nitrogen and oxygen atoms in total. The van der Waals surface area contributed by atoms with E-state index in [-0.39, 0.29) is 23.3 Å². The van der Waals surface area contributed by atoms with Gasteiger partial charge in [-0.3, -0.25) is 20.0 Å². The van der Waals surface area contributed by atoms with Crippen molar-refractivity contribution in [3.05, 3.63) is 71.9 Å². The second-order valence-corrected chi connectivity index (χ2v) is 6.64. The van der Waals surface area contributed by atoms with Gasteiger partial charge >= 0.3 is 0 Å². The van der Waals surface area contributed by atoms with Crippen molar-refractivity contribution in [3.8, 4) is 5.75 Å². The number of hydrogen-bond donors (Lipinski definition) is 2. The van der Waals surface area contributed by atoms with Crippen molar-refractivity contribution in [2.75, 3.05) is 5.01 Å². The van der Waals surface area contributed by atoms with E-state index in [0.29, 0.717) is 17.0 Å². The van der Waals surface area contributed by atoms with E-state index in [1.165, 1.54) is 22.2 Å². The van der Waals surface area contributed by atoms with Crippen molar-refractivity contribution in [1.82, 2.24) is 10.4 Å². The number of aromatic hydroxyl groups is 1. The maximum atomic E-state index is 12.8. The third kappa shape index (κ3) is 3.88. The molecule has 2 N–H and O–H groups in total. The summed E-state index contributed by atoms with van der Waals surface area (Å²) in [7, 11) is 0. The van der Waals surface area contributed by atoms with Crippen LogP contribution in [0.2, 0.25) is 0 Å². The molecule has 0 saturated heterocycles. The average molecular weight is 378 g/mol. The van der Waals surface area contributed by atoms with E-state index in [9.17, 15) is 14.7 Å². The van der Waals surface area contributed by atoms with Crippen molar-refractivity contribution in [1.29, 1.82) is 0 Å². The average Bonchev–Trinajstić information content (AvgIpc) is 2.96. The molecular weight excluding hydrogens is 356 g/mol. The highest BCUT2D eigenvalue weighted by molar-refractivity contribution is 6.29. The van der Waals surface area contributed by atoms with Crippen LogP contribution >= 0.6 is 0 Å². The summed E-state index contributed by atoms with van der Waals surface area (Å²) < 4.78 is 0. The molecule has 1 aliphatic rings. The molecule has 0 radical (unpaired) electrons. The van der Waals surface area contributed by atoms with Gasteiger partial charge in [0.15, 0.2) is 0 Å². The summed E-state index contributed by atoms with van der Waals surface area (Å²) in [4.78, 5) is 25.4. The van der Waals surface area contributed by atoms with Gasteiger partial charge in [-0.2, -0.15) is 10.1 Å². The second-order valence-electron chi connectivity index (χ2n) is 6.64. The molecule has 1 aliphatic heterocycles. The standard InChI is InChI=1S/C21H22N4O3/c1-14(2)24(23-20(27)17-11-7-8-12-19(17)26)13-18-15(3)22-25(21(18)28)16-9-5-4-6-10-16/h4-14,26H,1-3H3,(H,23,27). The number of phenols is 1. The van der Waals surface area contributed by atoms with Crippen LogP contribution in [0.1, 0.15) is 31.1 Å².